The van der Waals surface area contributed by atoms with Crippen LogP contribution >= 0.6 is 0 Å². The zero-order chi connectivity index (χ0) is 30.1. The molecule has 13 nitrogen and oxygen atoms in total. The van der Waals surface area contributed by atoms with Crippen LogP contribution in [0.15, 0.2) is 30.5 Å². The molecule has 1 aromatic heterocycles. The Kier molecular flexibility index (Phi) is 10.6. The number of benzene rings is 1. The third kappa shape index (κ3) is 7.92. The number of aliphatic carboxylic acids is 1. The largest absolute Gasteiger partial charge is 0.494 e. The van der Waals surface area contributed by atoms with Crippen LogP contribution in [0.1, 0.15) is 42.5 Å². The van der Waals surface area contributed by atoms with Gasteiger partial charge in [0.15, 0.2) is 0 Å². The molecule has 1 unspecified atom stereocenters. The second-order valence-electron chi connectivity index (χ2n) is 10.5. The van der Waals surface area contributed by atoms with Crippen molar-refractivity contribution in [2.75, 3.05) is 52.4 Å². The third-order valence-electron chi connectivity index (χ3n) is 7.64. The van der Waals surface area contributed by atoms with Gasteiger partial charge >= 0.3 is 5.97 Å². The Bertz CT molecular complexity index is 1340. The highest BCUT2D eigenvalue weighted by atomic mass is 16.5. The van der Waals surface area contributed by atoms with E-state index >= 15 is 0 Å². The fraction of sp³-hybridized carbons (Fsp3) is 0.517. The van der Waals surface area contributed by atoms with Crippen molar-refractivity contribution < 1.29 is 29.0 Å². The van der Waals surface area contributed by atoms with Gasteiger partial charge in [-0.3, -0.25) is 29.1 Å². The van der Waals surface area contributed by atoms with E-state index < -0.39 is 24.0 Å². The summed E-state index contributed by atoms with van der Waals surface area (Å²) in [7, 11) is 0. The first-order valence-electron chi connectivity index (χ1n) is 14.2. The van der Waals surface area contributed by atoms with Crippen LogP contribution in [0.5, 0.6) is 5.75 Å². The number of carboxylic acids is 1. The van der Waals surface area contributed by atoms with E-state index in [9.17, 15) is 24.4 Å². The molecular formula is C29H37N7O6. The van der Waals surface area contributed by atoms with Crippen LogP contribution in [0, 0.1) is 11.3 Å². The number of nitrogens with one attached hydrogen (secondary N) is 1. The number of aromatic nitrogens is 1. The monoisotopic (exact) mass is 579 g/mol. The molecule has 2 fully saturated rings. The highest BCUT2D eigenvalue weighted by Crippen LogP contribution is 2.23. The molecular weight excluding hydrogens is 542 g/mol. The number of hydrogen-bond donors (Lipinski definition) is 3. The lowest BCUT2D eigenvalue weighted by molar-refractivity contribution is -0.138. The molecule has 3 heterocycles. The molecule has 0 radical (unpaired) electrons. The van der Waals surface area contributed by atoms with Crippen LogP contribution in [0.4, 0.5) is 0 Å². The van der Waals surface area contributed by atoms with Crippen molar-refractivity contribution in [3.05, 3.63) is 36.0 Å². The molecule has 1 aromatic carbocycles. The summed E-state index contributed by atoms with van der Waals surface area (Å²) in [6.45, 7) is 4.08. The van der Waals surface area contributed by atoms with Gasteiger partial charge in [-0.1, -0.05) is 0 Å². The number of carboxylic acid groups (broad SMARTS) is 1. The number of ether oxygens (including phenoxy) is 1. The predicted octanol–water partition coefficient (Wildman–Crippen LogP) is 0.584. The summed E-state index contributed by atoms with van der Waals surface area (Å²) >= 11 is 0. The number of hydrogen-bond acceptors (Lipinski definition) is 9. The quantitative estimate of drug-likeness (QED) is 0.301. The highest BCUT2D eigenvalue weighted by Gasteiger charge is 2.29. The molecule has 224 valence electrons. The molecule has 2 atom stereocenters. The fourth-order valence-electron chi connectivity index (χ4n) is 5.27. The first-order valence-corrected chi connectivity index (χ1v) is 14.2. The number of nitriles is 1. The van der Waals surface area contributed by atoms with Crippen molar-refractivity contribution in [3.8, 4) is 11.8 Å². The number of amides is 3. The number of pyridine rings is 1. The molecule has 2 aliphatic rings. The summed E-state index contributed by atoms with van der Waals surface area (Å²) in [6, 6.07) is 7.85. The average molecular weight is 580 g/mol. The average Bonchev–Trinajstić information content (AvgIpc) is 3.49. The minimum Gasteiger partial charge on any atom is -0.494 e. The zero-order valence-corrected chi connectivity index (χ0v) is 23.5. The van der Waals surface area contributed by atoms with Crippen LogP contribution in [-0.2, 0) is 14.4 Å². The highest BCUT2D eigenvalue weighted by molar-refractivity contribution is 6.07. The Labute approximate surface area is 244 Å². The lowest BCUT2D eigenvalue weighted by Gasteiger charge is -2.35. The molecule has 0 bridgehead atoms. The van der Waals surface area contributed by atoms with E-state index in [1.165, 1.54) is 4.90 Å². The van der Waals surface area contributed by atoms with Crippen LogP contribution in [-0.4, -0.2) is 113 Å². The van der Waals surface area contributed by atoms with E-state index in [4.69, 9.17) is 15.6 Å². The van der Waals surface area contributed by atoms with Crippen molar-refractivity contribution in [2.24, 2.45) is 5.73 Å². The summed E-state index contributed by atoms with van der Waals surface area (Å²) in [4.78, 5) is 58.4. The number of fused-ring (bicyclic) bond motifs is 1. The third-order valence-corrected chi connectivity index (χ3v) is 7.64. The van der Waals surface area contributed by atoms with Crippen molar-refractivity contribution in [1.82, 2.24) is 25.0 Å². The van der Waals surface area contributed by atoms with E-state index in [1.54, 1.807) is 35.4 Å². The molecule has 0 spiro atoms. The van der Waals surface area contributed by atoms with Crippen LogP contribution < -0.4 is 15.8 Å². The maximum atomic E-state index is 13.0. The molecule has 13 heteroatoms. The van der Waals surface area contributed by atoms with Crippen LogP contribution in [0.25, 0.3) is 10.9 Å². The molecule has 2 saturated heterocycles. The van der Waals surface area contributed by atoms with Crippen molar-refractivity contribution in [2.45, 2.75) is 44.2 Å². The number of nitrogens with two attached hydrogens (primary N) is 1. The number of rotatable bonds is 12. The predicted molar refractivity (Wildman–Crippen MR) is 152 cm³/mol. The van der Waals surface area contributed by atoms with Gasteiger partial charge in [-0.25, -0.2) is 0 Å². The summed E-state index contributed by atoms with van der Waals surface area (Å²) in [5.74, 6) is -1.25. The number of likely N-dealkylation sites (tertiary alicyclic amines) is 1. The summed E-state index contributed by atoms with van der Waals surface area (Å²) in [5.41, 5.74) is 6.88. The lowest BCUT2D eigenvalue weighted by Crippen LogP contribution is -2.53. The van der Waals surface area contributed by atoms with Gasteiger partial charge in [0.2, 0.25) is 11.8 Å². The Morgan fingerprint density at radius 2 is 1.95 bits per heavy atom. The van der Waals surface area contributed by atoms with E-state index in [0.29, 0.717) is 68.0 Å². The van der Waals surface area contributed by atoms with Gasteiger partial charge in [0.25, 0.3) is 5.91 Å². The van der Waals surface area contributed by atoms with Crippen LogP contribution in [0.2, 0.25) is 0 Å². The summed E-state index contributed by atoms with van der Waals surface area (Å²) in [6.07, 6.45) is 3.73. The van der Waals surface area contributed by atoms with E-state index in [1.807, 2.05) is 0 Å². The fourth-order valence-corrected chi connectivity index (χ4v) is 5.27. The summed E-state index contributed by atoms with van der Waals surface area (Å²) < 4.78 is 5.96. The molecule has 0 aliphatic carbocycles. The normalized spacial score (nSPS) is 18.0. The van der Waals surface area contributed by atoms with E-state index in [-0.39, 0.29) is 31.2 Å². The minimum atomic E-state index is -0.964. The Morgan fingerprint density at radius 3 is 2.69 bits per heavy atom. The standard InChI is InChI=1S/C29H37N7O6/c30-18-20-3-1-11-36(20)26(37)19-33-28(40)22-8-9-32-25-6-4-21(17-23(22)25)42-16-2-10-34-12-14-35(15-13-34)29(41)24(31)5-7-27(38)39/h4,6,8-9,17,20,24H,1-3,5,7,10-16,19,31H2,(H,33,40)(H,38,39)/t20-,24?/m0/s1. The molecule has 0 saturated carbocycles. The number of piperazine rings is 1. The molecule has 4 N–H and O–H groups in total. The van der Waals surface area contributed by atoms with Crippen molar-refractivity contribution in [3.63, 3.8) is 0 Å². The Hall–Kier alpha value is -4.28. The summed E-state index contributed by atoms with van der Waals surface area (Å²) in [5, 5.41) is 21.3. The topological polar surface area (TPSA) is 182 Å². The SMILES string of the molecule is N#C[C@@H]1CCCN1C(=O)CNC(=O)c1ccnc2ccc(OCCCN3CCN(C(=O)C(N)CCC(=O)O)CC3)cc12. The smallest absolute Gasteiger partial charge is 0.303 e. The van der Waals surface area contributed by atoms with Crippen molar-refractivity contribution >= 4 is 34.6 Å². The molecule has 4 rings (SSSR count). The zero-order valence-electron chi connectivity index (χ0n) is 23.5. The van der Waals surface area contributed by atoms with Gasteiger partial charge in [0.05, 0.1) is 36.3 Å². The van der Waals surface area contributed by atoms with Gasteiger partial charge < -0.3 is 30.7 Å². The van der Waals surface area contributed by atoms with Gasteiger partial charge in [0, 0.05) is 57.3 Å². The van der Waals surface area contributed by atoms with Crippen LogP contribution in [0.3, 0.4) is 0 Å². The molecule has 42 heavy (non-hydrogen) atoms. The molecule has 2 aliphatic heterocycles. The Morgan fingerprint density at radius 1 is 1.17 bits per heavy atom. The van der Waals surface area contributed by atoms with Gasteiger partial charge in [0.1, 0.15) is 11.8 Å². The van der Waals surface area contributed by atoms with E-state index in [2.05, 4.69) is 21.3 Å². The molecule has 3 amide bonds. The van der Waals surface area contributed by atoms with Gasteiger partial charge in [-0.05, 0) is 49.9 Å². The minimum absolute atomic E-state index is 0.125. The second-order valence-corrected chi connectivity index (χ2v) is 10.5. The van der Waals surface area contributed by atoms with Gasteiger partial charge in [-0.2, -0.15) is 5.26 Å². The van der Waals surface area contributed by atoms with Gasteiger partial charge in [-0.15, -0.1) is 0 Å². The first-order chi connectivity index (χ1) is 20.3. The molecule has 2 aromatic rings. The maximum Gasteiger partial charge on any atom is 0.303 e. The van der Waals surface area contributed by atoms with E-state index in [0.717, 1.165) is 19.4 Å². The number of carbonyl (C=O) groups excluding carboxylic acids is 3. The first kappa shape index (κ1) is 30.7. The Balaban J connectivity index is 1.23. The number of nitrogens with zero attached hydrogens (tertiary/aromatic N) is 5. The second kappa shape index (κ2) is 14.6. The number of carbonyl (C=O) groups is 4. The maximum absolute atomic E-state index is 13.0. The lowest BCUT2D eigenvalue weighted by atomic mass is 10.1. The van der Waals surface area contributed by atoms with Crippen molar-refractivity contribution in [1.29, 1.82) is 5.26 Å².